The fraction of sp³-hybridized carbons (Fsp3) is 0.727. The van der Waals surface area contributed by atoms with Gasteiger partial charge in [0.15, 0.2) is 5.15 Å². The number of aromatic nitrogens is 2. The van der Waals surface area contributed by atoms with Crippen molar-refractivity contribution in [2.24, 2.45) is 0 Å². The summed E-state index contributed by atoms with van der Waals surface area (Å²) in [5, 5.41) is 0.736. The number of rotatable bonds is 2. The highest BCUT2D eigenvalue weighted by atomic mass is 35.5. The number of fused-ring (bicyclic) bond motifs is 1. The third-order valence-corrected chi connectivity index (χ3v) is 3.29. The average Bonchev–Trinajstić information content (AvgIpc) is 2.46. The molecule has 0 fully saturated rings. The Bertz CT molecular complexity index is 330. The minimum Gasteiger partial charge on any atom is -0.328 e. The van der Waals surface area contributed by atoms with Gasteiger partial charge >= 0.3 is 0 Å². The zero-order chi connectivity index (χ0) is 10.1. The van der Waals surface area contributed by atoms with Gasteiger partial charge in [0.2, 0.25) is 0 Å². The molecule has 78 valence electrons. The third kappa shape index (κ3) is 1.56. The molecule has 0 bridgehead atoms. The van der Waals surface area contributed by atoms with Gasteiger partial charge in [0.1, 0.15) is 5.82 Å². The molecule has 0 N–H and O–H groups in total. The molecule has 2 heterocycles. The third-order valence-electron chi connectivity index (χ3n) is 2.98. The lowest BCUT2D eigenvalue weighted by Gasteiger charge is -2.24. The first-order chi connectivity index (χ1) is 6.74. The number of nitrogens with zero attached hydrogens (tertiary/aromatic N) is 2. The largest absolute Gasteiger partial charge is 0.328 e. The normalized spacial score (nSPS) is 20.9. The predicted octanol–water partition coefficient (Wildman–Crippen LogP) is 3.39. The van der Waals surface area contributed by atoms with Crippen molar-refractivity contribution in [3.63, 3.8) is 0 Å². The van der Waals surface area contributed by atoms with Gasteiger partial charge in [-0.2, -0.15) is 0 Å². The summed E-state index contributed by atoms with van der Waals surface area (Å²) in [7, 11) is 0. The summed E-state index contributed by atoms with van der Waals surface area (Å²) in [6.45, 7) is 4.45. The van der Waals surface area contributed by atoms with Crippen LogP contribution in [0.5, 0.6) is 0 Å². The molecule has 0 saturated carbocycles. The number of aryl methyl sites for hydroxylation is 1. The lowest BCUT2D eigenvalue weighted by Crippen LogP contribution is -2.17. The molecule has 0 radical (unpaired) electrons. The van der Waals surface area contributed by atoms with E-state index in [1.165, 1.54) is 24.4 Å². The first-order valence-electron chi connectivity index (χ1n) is 5.49. The van der Waals surface area contributed by atoms with Crippen molar-refractivity contribution < 1.29 is 0 Å². The maximum absolute atomic E-state index is 6.13. The summed E-state index contributed by atoms with van der Waals surface area (Å²) >= 11 is 6.13. The van der Waals surface area contributed by atoms with E-state index in [4.69, 9.17) is 11.6 Å². The molecule has 0 amide bonds. The highest BCUT2D eigenvalue weighted by Crippen LogP contribution is 2.31. The van der Waals surface area contributed by atoms with Crippen LogP contribution in [0.2, 0.25) is 5.15 Å². The van der Waals surface area contributed by atoms with Crippen LogP contribution >= 0.6 is 11.6 Å². The van der Waals surface area contributed by atoms with Crippen LogP contribution in [0.1, 0.15) is 50.7 Å². The first kappa shape index (κ1) is 10.0. The van der Waals surface area contributed by atoms with E-state index in [0.717, 1.165) is 24.4 Å². The van der Waals surface area contributed by atoms with Crippen LogP contribution in [-0.4, -0.2) is 9.55 Å². The van der Waals surface area contributed by atoms with E-state index in [9.17, 15) is 0 Å². The molecule has 1 unspecified atom stereocenters. The van der Waals surface area contributed by atoms with Crippen molar-refractivity contribution >= 4 is 11.6 Å². The predicted molar refractivity (Wildman–Crippen MR) is 58.9 cm³/mol. The quantitative estimate of drug-likeness (QED) is 0.735. The number of hydrogen-bond donors (Lipinski definition) is 0. The first-order valence-corrected chi connectivity index (χ1v) is 5.87. The minimum absolute atomic E-state index is 0.584. The Morgan fingerprint density at radius 1 is 1.57 bits per heavy atom. The molecule has 2 nitrogen and oxygen atoms in total. The molecule has 0 aliphatic carbocycles. The Morgan fingerprint density at radius 2 is 2.36 bits per heavy atom. The Balaban J connectivity index is 2.42. The molecule has 1 aliphatic rings. The Hall–Kier alpha value is -0.500. The van der Waals surface area contributed by atoms with E-state index in [1.807, 2.05) is 0 Å². The maximum Gasteiger partial charge on any atom is 0.150 e. The van der Waals surface area contributed by atoms with Gasteiger partial charge < -0.3 is 4.57 Å². The van der Waals surface area contributed by atoms with Gasteiger partial charge in [-0.15, -0.1) is 0 Å². The van der Waals surface area contributed by atoms with Crippen molar-refractivity contribution in [2.45, 2.75) is 52.0 Å². The van der Waals surface area contributed by atoms with E-state index >= 15 is 0 Å². The van der Waals surface area contributed by atoms with E-state index < -0.39 is 0 Å². The van der Waals surface area contributed by atoms with Gasteiger partial charge in [-0.1, -0.05) is 18.5 Å². The van der Waals surface area contributed by atoms with E-state index in [-0.39, 0.29) is 0 Å². The van der Waals surface area contributed by atoms with Gasteiger partial charge in [-0.25, -0.2) is 4.98 Å². The number of halogens is 1. The highest BCUT2D eigenvalue weighted by Gasteiger charge is 2.22. The second-order valence-corrected chi connectivity index (χ2v) is 4.48. The number of imidazole rings is 1. The zero-order valence-electron chi connectivity index (χ0n) is 8.89. The topological polar surface area (TPSA) is 17.8 Å². The van der Waals surface area contributed by atoms with Crippen molar-refractivity contribution in [2.75, 3.05) is 0 Å². The molecule has 0 spiro atoms. The standard InChI is InChI=1S/C11H17ClN2/c1-3-5-10-13-11(12)9-7-4-6-8(2)14(9)10/h8H,3-7H2,1-2H3. The lowest BCUT2D eigenvalue weighted by atomic mass is 10.0. The summed E-state index contributed by atoms with van der Waals surface area (Å²) in [6, 6.07) is 0.584. The zero-order valence-corrected chi connectivity index (χ0v) is 9.64. The summed E-state index contributed by atoms with van der Waals surface area (Å²) in [5.41, 5.74) is 1.26. The van der Waals surface area contributed by atoms with E-state index in [0.29, 0.717) is 6.04 Å². The molecular weight excluding hydrogens is 196 g/mol. The summed E-state index contributed by atoms with van der Waals surface area (Å²) in [6.07, 6.45) is 5.79. The lowest BCUT2D eigenvalue weighted by molar-refractivity contribution is 0.418. The number of hydrogen-bond acceptors (Lipinski definition) is 1. The molecule has 1 atom stereocenters. The van der Waals surface area contributed by atoms with Crippen LogP contribution < -0.4 is 0 Å². The van der Waals surface area contributed by atoms with E-state index in [1.54, 1.807) is 0 Å². The van der Waals surface area contributed by atoms with Crippen LogP contribution in [0.25, 0.3) is 0 Å². The van der Waals surface area contributed by atoms with Crippen LogP contribution in [0.15, 0.2) is 0 Å². The molecular formula is C11H17ClN2. The Labute approximate surface area is 90.3 Å². The van der Waals surface area contributed by atoms with Gasteiger partial charge in [-0.05, 0) is 32.6 Å². The fourth-order valence-electron chi connectivity index (χ4n) is 2.32. The summed E-state index contributed by atoms with van der Waals surface area (Å²) in [5.74, 6) is 1.18. The van der Waals surface area contributed by atoms with Crippen molar-refractivity contribution in [3.05, 3.63) is 16.7 Å². The highest BCUT2D eigenvalue weighted by molar-refractivity contribution is 6.30. The SMILES string of the molecule is CCCc1nc(Cl)c2n1C(C)CCC2. The molecule has 1 aromatic heterocycles. The van der Waals surface area contributed by atoms with Gasteiger partial charge in [0, 0.05) is 12.5 Å². The molecule has 0 saturated heterocycles. The molecule has 3 heteroatoms. The molecule has 2 rings (SSSR count). The Kier molecular flexibility index (Phi) is 2.82. The van der Waals surface area contributed by atoms with Gasteiger partial charge in [0.25, 0.3) is 0 Å². The molecule has 1 aromatic rings. The van der Waals surface area contributed by atoms with Crippen LogP contribution in [0, 0.1) is 0 Å². The average molecular weight is 213 g/mol. The summed E-state index contributed by atoms with van der Waals surface area (Å²) in [4.78, 5) is 4.46. The second kappa shape index (κ2) is 3.93. The fourth-order valence-corrected chi connectivity index (χ4v) is 2.61. The monoisotopic (exact) mass is 212 g/mol. The molecule has 1 aliphatic heterocycles. The van der Waals surface area contributed by atoms with Crippen LogP contribution in [0.3, 0.4) is 0 Å². The minimum atomic E-state index is 0.584. The maximum atomic E-state index is 6.13. The van der Waals surface area contributed by atoms with Crippen molar-refractivity contribution in [1.82, 2.24) is 9.55 Å². The Morgan fingerprint density at radius 3 is 3.07 bits per heavy atom. The van der Waals surface area contributed by atoms with Crippen LogP contribution in [-0.2, 0) is 12.8 Å². The van der Waals surface area contributed by atoms with E-state index in [2.05, 4.69) is 23.4 Å². The van der Waals surface area contributed by atoms with Gasteiger partial charge in [0.05, 0.1) is 5.69 Å². The smallest absolute Gasteiger partial charge is 0.150 e. The summed E-state index contributed by atoms with van der Waals surface area (Å²) < 4.78 is 2.36. The van der Waals surface area contributed by atoms with Gasteiger partial charge in [-0.3, -0.25) is 0 Å². The van der Waals surface area contributed by atoms with Crippen molar-refractivity contribution in [3.8, 4) is 0 Å². The van der Waals surface area contributed by atoms with Crippen LogP contribution in [0.4, 0.5) is 0 Å². The molecule has 0 aromatic carbocycles. The molecule has 14 heavy (non-hydrogen) atoms. The van der Waals surface area contributed by atoms with Crippen molar-refractivity contribution in [1.29, 1.82) is 0 Å². The second-order valence-electron chi connectivity index (χ2n) is 4.13.